The maximum Gasteiger partial charge on any atom is 0.394 e. The molecule has 1 saturated heterocycles. The molecule has 1 aromatic heterocycles. The van der Waals surface area contributed by atoms with Crippen LogP contribution < -0.4 is 5.56 Å². The average molecular weight is 372 g/mol. The molecule has 0 spiro atoms. The summed E-state index contributed by atoms with van der Waals surface area (Å²) < 4.78 is 39.3. The molecular weight excluding hydrogens is 353 g/mol. The van der Waals surface area contributed by atoms with E-state index in [0.29, 0.717) is 12.8 Å². The van der Waals surface area contributed by atoms with E-state index in [1.165, 1.54) is 6.07 Å². The summed E-state index contributed by atoms with van der Waals surface area (Å²) in [5, 5.41) is 9.06. The van der Waals surface area contributed by atoms with Gasteiger partial charge in [-0.25, -0.2) is 0 Å². The van der Waals surface area contributed by atoms with Crippen LogP contribution in [0.4, 0.5) is 13.2 Å². The number of halogens is 3. The van der Waals surface area contributed by atoms with E-state index < -0.39 is 48.5 Å². The van der Waals surface area contributed by atoms with Gasteiger partial charge in [0.2, 0.25) is 0 Å². The summed E-state index contributed by atoms with van der Waals surface area (Å²) in [6.07, 6.45) is -0.503. The maximum absolute atomic E-state index is 13.1. The van der Waals surface area contributed by atoms with E-state index in [4.69, 9.17) is 5.11 Å². The lowest BCUT2D eigenvalue weighted by atomic mass is 9.96. The summed E-state index contributed by atoms with van der Waals surface area (Å²) in [6.45, 7) is -1.31. The Morgan fingerprint density at radius 2 is 1.85 bits per heavy atom. The number of amides is 1. The Labute approximate surface area is 147 Å². The van der Waals surface area contributed by atoms with Crippen molar-refractivity contribution in [2.24, 2.45) is 11.8 Å². The van der Waals surface area contributed by atoms with Crippen LogP contribution in [-0.2, 0) is 17.6 Å². The fourth-order valence-corrected chi connectivity index (χ4v) is 3.73. The van der Waals surface area contributed by atoms with E-state index in [9.17, 15) is 27.6 Å². The number of aromatic amines is 1. The molecule has 0 radical (unpaired) electrons. The van der Waals surface area contributed by atoms with Gasteiger partial charge in [-0.15, -0.1) is 0 Å². The molecule has 2 heterocycles. The lowest BCUT2D eigenvalue weighted by molar-refractivity contribution is -0.187. The summed E-state index contributed by atoms with van der Waals surface area (Å²) >= 11 is 0. The zero-order chi connectivity index (χ0) is 19.1. The minimum absolute atomic E-state index is 0.224. The number of hydrogen-bond acceptors (Lipinski definition) is 3. The number of carboxylic acids is 1. The van der Waals surface area contributed by atoms with Crippen molar-refractivity contribution < 1.29 is 27.9 Å². The number of aliphatic carboxylic acids is 1. The molecule has 1 amide bonds. The number of nitrogens with zero attached hydrogens (tertiary/aromatic N) is 1. The van der Waals surface area contributed by atoms with Crippen molar-refractivity contribution in [3.8, 4) is 0 Å². The molecule has 1 aliphatic carbocycles. The zero-order valence-corrected chi connectivity index (χ0v) is 13.9. The zero-order valence-electron chi connectivity index (χ0n) is 13.9. The van der Waals surface area contributed by atoms with Crippen LogP contribution in [0.3, 0.4) is 0 Å². The second-order valence-electron chi connectivity index (χ2n) is 6.88. The van der Waals surface area contributed by atoms with Gasteiger partial charge in [-0.2, -0.15) is 13.2 Å². The molecule has 3 rings (SSSR count). The highest BCUT2D eigenvalue weighted by Gasteiger charge is 2.53. The van der Waals surface area contributed by atoms with E-state index in [1.54, 1.807) is 0 Å². The lowest BCUT2D eigenvalue weighted by Gasteiger charge is -2.18. The monoisotopic (exact) mass is 372 g/mol. The number of H-pyrrole nitrogens is 1. The van der Waals surface area contributed by atoms with Crippen LogP contribution in [0.2, 0.25) is 0 Å². The van der Waals surface area contributed by atoms with Gasteiger partial charge < -0.3 is 15.0 Å². The van der Waals surface area contributed by atoms with Crippen molar-refractivity contribution in [1.82, 2.24) is 9.88 Å². The van der Waals surface area contributed by atoms with Crippen LogP contribution in [0.25, 0.3) is 0 Å². The molecule has 1 aliphatic heterocycles. The minimum Gasteiger partial charge on any atom is -0.481 e. The third-order valence-electron chi connectivity index (χ3n) is 5.16. The van der Waals surface area contributed by atoms with E-state index in [2.05, 4.69) is 4.98 Å². The smallest absolute Gasteiger partial charge is 0.394 e. The first-order valence-electron chi connectivity index (χ1n) is 8.52. The van der Waals surface area contributed by atoms with Crippen LogP contribution in [0.1, 0.15) is 40.9 Å². The number of nitrogens with one attached hydrogen (secondary N) is 1. The van der Waals surface area contributed by atoms with Gasteiger partial charge in [0.1, 0.15) is 5.56 Å². The molecule has 6 nitrogen and oxygen atoms in total. The first-order valence-corrected chi connectivity index (χ1v) is 8.52. The summed E-state index contributed by atoms with van der Waals surface area (Å²) in [7, 11) is 0. The Bertz CT molecular complexity index is 787. The van der Waals surface area contributed by atoms with Gasteiger partial charge >= 0.3 is 12.1 Å². The number of likely N-dealkylation sites (tertiary alicyclic amines) is 1. The molecule has 0 aromatic carbocycles. The average Bonchev–Trinajstić information content (AvgIpc) is 2.90. The van der Waals surface area contributed by atoms with Gasteiger partial charge in [0, 0.05) is 18.8 Å². The number of carboxylic acid groups (broad SMARTS) is 1. The quantitative estimate of drug-likeness (QED) is 0.777. The van der Waals surface area contributed by atoms with Gasteiger partial charge in [-0.05, 0) is 37.3 Å². The number of aromatic nitrogens is 1. The third kappa shape index (κ3) is 3.47. The van der Waals surface area contributed by atoms with E-state index in [0.717, 1.165) is 35.4 Å². The number of pyridine rings is 1. The topological polar surface area (TPSA) is 90.5 Å². The molecule has 0 unspecified atom stereocenters. The second-order valence-corrected chi connectivity index (χ2v) is 6.88. The number of hydrogen-bond donors (Lipinski definition) is 2. The molecule has 1 aromatic rings. The van der Waals surface area contributed by atoms with E-state index in [-0.39, 0.29) is 5.56 Å². The van der Waals surface area contributed by atoms with Crippen LogP contribution >= 0.6 is 0 Å². The SMILES string of the molecule is O=C(O)[C@@H]1CN(C(=O)c2cc3c([nH]c2=O)CCCCC3)C[C@H]1C(F)(F)F. The molecule has 2 atom stereocenters. The summed E-state index contributed by atoms with van der Waals surface area (Å²) in [5.41, 5.74) is 0.726. The number of carbonyl (C=O) groups is 2. The maximum atomic E-state index is 13.1. The number of carbonyl (C=O) groups excluding carboxylic acids is 1. The first-order chi connectivity index (χ1) is 12.2. The molecule has 0 bridgehead atoms. The predicted molar refractivity (Wildman–Crippen MR) is 84.9 cm³/mol. The Balaban J connectivity index is 1.89. The summed E-state index contributed by atoms with van der Waals surface area (Å²) in [6, 6.07) is 1.46. The number of rotatable bonds is 2. The number of alkyl halides is 3. The Morgan fingerprint density at radius 1 is 1.15 bits per heavy atom. The molecule has 2 N–H and O–H groups in total. The van der Waals surface area contributed by atoms with Crippen molar-refractivity contribution >= 4 is 11.9 Å². The van der Waals surface area contributed by atoms with Crippen molar-refractivity contribution in [1.29, 1.82) is 0 Å². The molecule has 26 heavy (non-hydrogen) atoms. The normalized spacial score (nSPS) is 23.4. The highest BCUT2D eigenvalue weighted by Crippen LogP contribution is 2.38. The summed E-state index contributed by atoms with van der Waals surface area (Å²) in [5.74, 6) is -6.31. The number of aryl methyl sites for hydroxylation is 2. The minimum atomic E-state index is -4.72. The van der Waals surface area contributed by atoms with Gasteiger partial charge in [0.05, 0.1) is 11.8 Å². The lowest BCUT2D eigenvalue weighted by Crippen LogP contribution is -2.35. The van der Waals surface area contributed by atoms with Gasteiger partial charge in [0.25, 0.3) is 11.5 Å². The van der Waals surface area contributed by atoms with Crippen molar-refractivity contribution in [3.05, 3.63) is 33.2 Å². The van der Waals surface area contributed by atoms with E-state index in [1.807, 2.05) is 0 Å². The molecule has 9 heteroatoms. The van der Waals surface area contributed by atoms with Gasteiger partial charge in [-0.1, -0.05) is 6.42 Å². The summed E-state index contributed by atoms with van der Waals surface area (Å²) in [4.78, 5) is 39.5. The Kier molecular flexibility index (Phi) is 4.81. The Hall–Kier alpha value is -2.32. The van der Waals surface area contributed by atoms with Crippen LogP contribution in [-0.4, -0.2) is 46.1 Å². The van der Waals surface area contributed by atoms with E-state index >= 15 is 0 Å². The molecule has 1 fully saturated rings. The first kappa shape index (κ1) is 18.5. The molecular formula is C17H19F3N2O4. The standard InChI is InChI=1S/C17H19F3N2O4/c18-17(19,20)12-8-22(7-11(12)16(25)26)15(24)10-6-9-4-2-1-3-5-13(9)21-14(10)23/h6,11-12H,1-5,7-8H2,(H,21,23)(H,25,26)/t11-,12-/m1/s1. The highest BCUT2D eigenvalue weighted by atomic mass is 19.4. The van der Waals surface area contributed by atoms with Crippen molar-refractivity contribution in [3.63, 3.8) is 0 Å². The predicted octanol–water partition coefficient (Wildman–Crippen LogP) is 1.98. The second kappa shape index (κ2) is 6.77. The van der Waals surface area contributed by atoms with Crippen molar-refractivity contribution in [2.75, 3.05) is 13.1 Å². The van der Waals surface area contributed by atoms with Crippen LogP contribution in [0, 0.1) is 11.8 Å². The fourth-order valence-electron chi connectivity index (χ4n) is 3.73. The third-order valence-corrected chi connectivity index (χ3v) is 5.16. The fraction of sp³-hybridized carbons (Fsp3) is 0.588. The van der Waals surface area contributed by atoms with Gasteiger partial charge in [0.15, 0.2) is 0 Å². The molecule has 142 valence electrons. The van der Waals surface area contributed by atoms with Crippen molar-refractivity contribution in [2.45, 2.75) is 38.3 Å². The molecule has 2 aliphatic rings. The molecule has 0 saturated carbocycles. The number of fused-ring (bicyclic) bond motifs is 1. The van der Waals surface area contributed by atoms with Crippen LogP contribution in [0.5, 0.6) is 0 Å². The van der Waals surface area contributed by atoms with Crippen LogP contribution in [0.15, 0.2) is 10.9 Å². The Morgan fingerprint density at radius 3 is 2.46 bits per heavy atom. The highest BCUT2D eigenvalue weighted by molar-refractivity contribution is 5.94. The largest absolute Gasteiger partial charge is 0.481 e. The van der Waals surface area contributed by atoms with Gasteiger partial charge in [-0.3, -0.25) is 14.4 Å².